The average Bonchev–Trinajstić information content (AvgIpc) is 2.72. The molecule has 6 nitrogen and oxygen atoms in total. The predicted molar refractivity (Wildman–Crippen MR) is 79.3 cm³/mol. The van der Waals surface area contributed by atoms with Crippen molar-refractivity contribution in [1.29, 1.82) is 0 Å². The molecule has 3 N–H and O–H groups in total. The summed E-state index contributed by atoms with van der Waals surface area (Å²) in [6, 6.07) is 4.19. The van der Waals surface area contributed by atoms with Crippen molar-refractivity contribution < 1.29 is 8.42 Å². The maximum atomic E-state index is 12.3. The molecular weight excluding hydrogens is 300 g/mol. The highest BCUT2D eigenvalue weighted by molar-refractivity contribution is 7.92. The number of benzene rings is 1. The first kappa shape index (κ1) is 14.7. The minimum atomic E-state index is -3.71. The third-order valence-corrected chi connectivity index (χ3v) is 4.47. The van der Waals surface area contributed by atoms with Gasteiger partial charge in [0.2, 0.25) is 0 Å². The van der Waals surface area contributed by atoms with Gasteiger partial charge in [0.1, 0.15) is 0 Å². The molecule has 0 amide bonds. The lowest BCUT2D eigenvalue weighted by atomic mass is 10.3. The van der Waals surface area contributed by atoms with Crippen LogP contribution in [-0.4, -0.2) is 18.2 Å². The first-order valence-corrected chi connectivity index (χ1v) is 7.80. The molecule has 0 fully saturated rings. The van der Waals surface area contributed by atoms with Crippen LogP contribution in [0, 0.1) is 0 Å². The van der Waals surface area contributed by atoms with Crippen LogP contribution in [0.15, 0.2) is 29.3 Å². The molecule has 20 heavy (non-hydrogen) atoms. The number of nitrogens with zero attached hydrogens (tertiary/aromatic N) is 2. The fourth-order valence-corrected chi connectivity index (χ4v) is 3.00. The minimum absolute atomic E-state index is 0.0605. The molecule has 108 valence electrons. The van der Waals surface area contributed by atoms with E-state index in [1.165, 1.54) is 18.2 Å². The Morgan fingerprint density at radius 2 is 2.15 bits per heavy atom. The van der Waals surface area contributed by atoms with Crippen LogP contribution in [0.1, 0.15) is 12.6 Å². The smallest absolute Gasteiger partial charge is 0.262 e. The quantitative estimate of drug-likeness (QED) is 0.845. The summed E-state index contributed by atoms with van der Waals surface area (Å²) < 4.78 is 28.7. The highest BCUT2D eigenvalue weighted by Crippen LogP contribution is 2.24. The van der Waals surface area contributed by atoms with Gasteiger partial charge < -0.3 is 5.73 Å². The third-order valence-electron chi connectivity index (χ3n) is 2.76. The summed E-state index contributed by atoms with van der Waals surface area (Å²) in [5, 5.41) is 4.50. The van der Waals surface area contributed by atoms with Crippen molar-refractivity contribution in [3.05, 3.63) is 35.1 Å². The Morgan fingerprint density at radius 1 is 1.45 bits per heavy atom. The standard InChI is InChI=1S/C12H15ClN4O2S/c1-3-11-12(7-17(2)15-11)16-20(18,19)8-4-5-9(13)10(14)6-8/h4-7,16H,3,14H2,1-2H3. The lowest BCUT2D eigenvalue weighted by Gasteiger charge is -2.08. The fourth-order valence-electron chi connectivity index (χ4n) is 1.77. The van der Waals surface area contributed by atoms with Crippen molar-refractivity contribution >= 4 is 33.0 Å². The maximum absolute atomic E-state index is 12.3. The average molecular weight is 315 g/mol. The van der Waals surface area contributed by atoms with Crippen molar-refractivity contribution in [2.45, 2.75) is 18.2 Å². The number of rotatable bonds is 4. The van der Waals surface area contributed by atoms with Gasteiger partial charge in [-0.2, -0.15) is 5.10 Å². The van der Waals surface area contributed by atoms with E-state index in [1.807, 2.05) is 6.92 Å². The molecule has 1 aromatic carbocycles. The highest BCUT2D eigenvalue weighted by Gasteiger charge is 2.18. The lowest BCUT2D eigenvalue weighted by Crippen LogP contribution is -2.14. The van der Waals surface area contributed by atoms with Gasteiger partial charge in [0, 0.05) is 13.2 Å². The van der Waals surface area contributed by atoms with Crippen molar-refractivity contribution in [3.8, 4) is 0 Å². The van der Waals surface area contributed by atoms with Crippen molar-refractivity contribution in [3.63, 3.8) is 0 Å². The SMILES string of the molecule is CCc1nn(C)cc1NS(=O)(=O)c1ccc(Cl)c(N)c1. The Labute approximate surface area is 122 Å². The van der Waals surface area contributed by atoms with E-state index in [0.29, 0.717) is 22.8 Å². The Balaban J connectivity index is 2.37. The summed E-state index contributed by atoms with van der Waals surface area (Å²) in [5.74, 6) is 0. The minimum Gasteiger partial charge on any atom is -0.397 e. The summed E-state index contributed by atoms with van der Waals surface area (Å²) in [4.78, 5) is 0.0605. The summed E-state index contributed by atoms with van der Waals surface area (Å²) >= 11 is 5.79. The third kappa shape index (κ3) is 2.88. The molecule has 2 rings (SSSR count). The zero-order chi connectivity index (χ0) is 14.9. The molecule has 8 heteroatoms. The molecule has 0 atom stereocenters. The number of aromatic nitrogens is 2. The Morgan fingerprint density at radius 3 is 2.75 bits per heavy atom. The second-order valence-electron chi connectivity index (χ2n) is 4.31. The van der Waals surface area contributed by atoms with E-state index >= 15 is 0 Å². The number of hydrogen-bond donors (Lipinski definition) is 2. The van der Waals surface area contributed by atoms with Gasteiger partial charge >= 0.3 is 0 Å². The van der Waals surface area contributed by atoms with Crippen LogP contribution in [-0.2, 0) is 23.5 Å². The van der Waals surface area contributed by atoms with Gasteiger partial charge in [0.25, 0.3) is 10.0 Å². The van der Waals surface area contributed by atoms with E-state index in [0.717, 1.165) is 0 Å². The van der Waals surface area contributed by atoms with Crippen LogP contribution < -0.4 is 10.5 Å². The molecule has 2 aromatic rings. The first-order valence-electron chi connectivity index (χ1n) is 5.94. The number of sulfonamides is 1. The van der Waals surface area contributed by atoms with Gasteiger partial charge in [-0.25, -0.2) is 8.42 Å². The molecule has 0 bridgehead atoms. The maximum Gasteiger partial charge on any atom is 0.262 e. The number of anilines is 2. The summed E-state index contributed by atoms with van der Waals surface area (Å²) in [6.07, 6.45) is 2.25. The normalized spacial score (nSPS) is 11.6. The molecule has 1 heterocycles. The summed E-state index contributed by atoms with van der Waals surface area (Å²) in [7, 11) is -1.98. The second-order valence-corrected chi connectivity index (χ2v) is 6.40. The van der Waals surface area contributed by atoms with Crippen LogP contribution in [0.3, 0.4) is 0 Å². The Kier molecular flexibility index (Phi) is 3.92. The van der Waals surface area contributed by atoms with Crippen LogP contribution in [0.5, 0.6) is 0 Å². The summed E-state index contributed by atoms with van der Waals surface area (Å²) in [5.41, 5.74) is 6.99. The first-order chi connectivity index (χ1) is 9.33. The Bertz CT molecular complexity index is 740. The molecule has 0 radical (unpaired) electrons. The molecule has 0 spiro atoms. The number of aryl methyl sites for hydroxylation is 2. The molecule has 0 saturated carbocycles. The van der Waals surface area contributed by atoms with E-state index < -0.39 is 10.0 Å². The van der Waals surface area contributed by atoms with Crippen LogP contribution >= 0.6 is 11.6 Å². The number of nitrogens with two attached hydrogens (primary N) is 1. The van der Waals surface area contributed by atoms with Crippen molar-refractivity contribution in [2.24, 2.45) is 7.05 Å². The van der Waals surface area contributed by atoms with Crippen LogP contribution in [0.2, 0.25) is 5.02 Å². The Hall–Kier alpha value is -1.73. The van der Waals surface area contributed by atoms with Crippen molar-refractivity contribution in [1.82, 2.24) is 9.78 Å². The number of halogens is 1. The van der Waals surface area contributed by atoms with E-state index in [2.05, 4.69) is 9.82 Å². The topological polar surface area (TPSA) is 90.0 Å². The number of hydrogen-bond acceptors (Lipinski definition) is 4. The van der Waals surface area contributed by atoms with Crippen LogP contribution in [0.25, 0.3) is 0 Å². The predicted octanol–water partition coefficient (Wildman–Crippen LogP) is 2.02. The monoisotopic (exact) mass is 314 g/mol. The number of nitrogens with one attached hydrogen (secondary N) is 1. The molecule has 0 unspecified atom stereocenters. The fraction of sp³-hybridized carbons (Fsp3) is 0.250. The van der Waals surface area contributed by atoms with Gasteiger partial charge in [-0.1, -0.05) is 18.5 Å². The lowest BCUT2D eigenvalue weighted by molar-refractivity contribution is 0.601. The second kappa shape index (κ2) is 5.34. The van der Waals surface area contributed by atoms with Gasteiger partial charge in [-0.05, 0) is 24.6 Å². The zero-order valence-electron chi connectivity index (χ0n) is 11.1. The van der Waals surface area contributed by atoms with Crippen LogP contribution in [0.4, 0.5) is 11.4 Å². The molecule has 1 aromatic heterocycles. The largest absolute Gasteiger partial charge is 0.397 e. The van der Waals surface area contributed by atoms with E-state index in [-0.39, 0.29) is 10.6 Å². The van der Waals surface area contributed by atoms with Gasteiger partial charge in [0.05, 0.1) is 27.0 Å². The van der Waals surface area contributed by atoms with Gasteiger partial charge in [-0.15, -0.1) is 0 Å². The van der Waals surface area contributed by atoms with Gasteiger partial charge in [-0.3, -0.25) is 9.40 Å². The molecule has 0 aliphatic rings. The van der Waals surface area contributed by atoms with Crippen molar-refractivity contribution in [2.75, 3.05) is 10.5 Å². The summed E-state index contributed by atoms with van der Waals surface area (Å²) in [6.45, 7) is 1.90. The molecule has 0 saturated heterocycles. The van der Waals surface area contributed by atoms with E-state index in [9.17, 15) is 8.42 Å². The molecule has 0 aliphatic heterocycles. The number of nitrogen functional groups attached to an aromatic ring is 1. The molecular formula is C12H15ClN4O2S. The van der Waals surface area contributed by atoms with E-state index in [4.69, 9.17) is 17.3 Å². The molecule has 0 aliphatic carbocycles. The highest BCUT2D eigenvalue weighted by atomic mass is 35.5. The van der Waals surface area contributed by atoms with E-state index in [1.54, 1.807) is 17.9 Å². The van der Waals surface area contributed by atoms with Gasteiger partial charge in [0.15, 0.2) is 0 Å². The zero-order valence-corrected chi connectivity index (χ0v) is 12.7.